The molecule has 22 heavy (non-hydrogen) atoms. The van der Waals surface area contributed by atoms with E-state index >= 15 is 0 Å². The number of thioether (sulfide) groups is 2. The molecule has 1 aromatic rings. The molecular weight excluding hydrogens is 333 g/mol. The Balaban J connectivity index is 2.12. The number of hydrogen-bond acceptors (Lipinski definition) is 3. The molecule has 1 aromatic carbocycles. The van der Waals surface area contributed by atoms with E-state index in [4.69, 9.17) is 5.11 Å². The lowest BCUT2D eigenvalue weighted by Crippen LogP contribution is -2.26. The van der Waals surface area contributed by atoms with E-state index in [9.17, 15) is 18.0 Å². The van der Waals surface area contributed by atoms with E-state index in [2.05, 4.69) is 0 Å². The molecule has 0 unspecified atom stereocenters. The summed E-state index contributed by atoms with van der Waals surface area (Å²) in [5.74, 6) is -0.877. The second-order valence-corrected chi connectivity index (χ2v) is 7.69. The lowest BCUT2D eigenvalue weighted by molar-refractivity contribution is -0.139. The van der Waals surface area contributed by atoms with Crippen LogP contribution in [0.2, 0.25) is 0 Å². The van der Waals surface area contributed by atoms with Crippen molar-refractivity contribution in [1.29, 1.82) is 0 Å². The number of carbonyl (C=O) groups is 1. The molecule has 0 radical (unpaired) electrons. The lowest BCUT2D eigenvalue weighted by atomic mass is 10.00. The summed E-state index contributed by atoms with van der Waals surface area (Å²) in [6.45, 7) is 0. The second kappa shape index (κ2) is 7.64. The SMILES string of the molecule is O=C(O)CS[C@@H]1CCCC[C@H]1Sc1ccccc1C(F)(F)F. The summed E-state index contributed by atoms with van der Waals surface area (Å²) in [5.41, 5.74) is -0.604. The first-order valence-corrected chi connectivity index (χ1v) is 8.97. The van der Waals surface area contributed by atoms with Crippen molar-refractivity contribution in [1.82, 2.24) is 0 Å². The maximum absolute atomic E-state index is 13.1. The summed E-state index contributed by atoms with van der Waals surface area (Å²) < 4.78 is 39.2. The lowest BCUT2D eigenvalue weighted by Gasteiger charge is -2.31. The van der Waals surface area contributed by atoms with Crippen LogP contribution in [0.5, 0.6) is 0 Å². The highest BCUT2D eigenvalue weighted by atomic mass is 32.2. The summed E-state index contributed by atoms with van der Waals surface area (Å²) in [4.78, 5) is 11.0. The number of carboxylic acid groups (broad SMARTS) is 1. The van der Waals surface area contributed by atoms with Gasteiger partial charge < -0.3 is 5.11 Å². The standard InChI is InChI=1S/C15H17F3O2S2/c16-15(17,18)10-5-1-2-6-11(10)22-13-8-4-3-7-12(13)21-9-14(19)20/h1-2,5-6,12-13H,3-4,7-9H2,(H,19,20)/t12-,13-/m1/s1. The first kappa shape index (κ1) is 17.5. The molecule has 1 N–H and O–H groups in total. The molecule has 0 aromatic heterocycles. The number of aliphatic carboxylic acids is 1. The Hall–Kier alpha value is -0.820. The normalized spacial score (nSPS) is 22.5. The molecule has 0 amide bonds. The van der Waals surface area contributed by atoms with Gasteiger partial charge in [-0.3, -0.25) is 4.79 Å². The third-order valence-corrected chi connectivity index (χ3v) is 6.59. The van der Waals surface area contributed by atoms with E-state index in [0.29, 0.717) is 0 Å². The maximum Gasteiger partial charge on any atom is 0.417 e. The van der Waals surface area contributed by atoms with E-state index in [1.54, 1.807) is 6.07 Å². The van der Waals surface area contributed by atoms with Gasteiger partial charge in [0.2, 0.25) is 0 Å². The minimum absolute atomic E-state index is 0.00262. The molecule has 1 saturated carbocycles. The first-order valence-electron chi connectivity index (χ1n) is 7.04. The van der Waals surface area contributed by atoms with Crippen LogP contribution in [-0.2, 0) is 11.0 Å². The van der Waals surface area contributed by atoms with Gasteiger partial charge in [0, 0.05) is 15.4 Å². The highest BCUT2D eigenvalue weighted by molar-refractivity contribution is 8.04. The van der Waals surface area contributed by atoms with Crippen molar-refractivity contribution < 1.29 is 23.1 Å². The third-order valence-electron chi connectivity index (χ3n) is 3.53. The van der Waals surface area contributed by atoms with Gasteiger partial charge in [-0.05, 0) is 25.0 Å². The molecule has 0 bridgehead atoms. The highest BCUT2D eigenvalue weighted by Gasteiger charge is 2.35. The number of rotatable bonds is 5. The zero-order valence-corrected chi connectivity index (χ0v) is 13.4. The Labute approximate surface area is 135 Å². The van der Waals surface area contributed by atoms with Gasteiger partial charge in [0.05, 0.1) is 11.3 Å². The molecule has 2 rings (SSSR count). The summed E-state index contributed by atoms with van der Waals surface area (Å²) in [7, 11) is 0. The Morgan fingerprint density at radius 2 is 1.82 bits per heavy atom. The van der Waals surface area contributed by atoms with Gasteiger partial charge in [-0.25, -0.2) is 0 Å². The molecule has 0 heterocycles. The van der Waals surface area contributed by atoms with E-state index < -0.39 is 17.7 Å². The molecule has 2 nitrogen and oxygen atoms in total. The van der Waals surface area contributed by atoms with Gasteiger partial charge in [-0.2, -0.15) is 13.2 Å². The van der Waals surface area contributed by atoms with E-state index in [1.807, 2.05) is 0 Å². The molecule has 1 fully saturated rings. The van der Waals surface area contributed by atoms with Gasteiger partial charge >= 0.3 is 12.1 Å². The van der Waals surface area contributed by atoms with Crippen molar-refractivity contribution >= 4 is 29.5 Å². The van der Waals surface area contributed by atoms with Crippen molar-refractivity contribution in [2.45, 2.75) is 47.3 Å². The van der Waals surface area contributed by atoms with Crippen LogP contribution in [0.3, 0.4) is 0 Å². The number of carboxylic acids is 1. The van der Waals surface area contributed by atoms with Crippen molar-refractivity contribution in [2.24, 2.45) is 0 Å². The van der Waals surface area contributed by atoms with Gasteiger partial charge in [0.1, 0.15) is 0 Å². The quantitative estimate of drug-likeness (QED) is 0.817. The molecule has 0 aliphatic heterocycles. The van der Waals surface area contributed by atoms with Gasteiger partial charge in [-0.1, -0.05) is 25.0 Å². The molecule has 122 valence electrons. The van der Waals surface area contributed by atoms with E-state index in [-0.39, 0.29) is 21.1 Å². The fourth-order valence-electron chi connectivity index (χ4n) is 2.53. The van der Waals surface area contributed by atoms with Crippen molar-refractivity contribution in [3.05, 3.63) is 29.8 Å². The molecule has 0 saturated heterocycles. The van der Waals surface area contributed by atoms with Crippen LogP contribution in [-0.4, -0.2) is 27.3 Å². The monoisotopic (exact) mass is 350 g/mol. The molecule has 0 spiro atoms. The van der Waals surface area contributed by atoms with E-state index in [0.717, 1.165) is 31.7 Å². The van der Waals surface area contributed by atoms with Crippen LogP contribution in [0.1, 0.15) is 31.2 Å². The van der Waals surface area contributed by atoms with Crippen molar-refractivity contribution in [3.8, 4) is 0 Å². The Kier molecular flexibility index (Phi) is 6.09. The van der Waals surface area contributed by atoms with Gasteiger partial charge in [0.25, 0.3) is 0 Å². The largest absolute Gasteiger partial charge is 0.481 e. The van der Waals surface area contributed by atoms with Crippen LogP contribution in [0.25, 0.3) is 0 Å². The topological polar surface area (TPSA) is 37.3 Å². The summed E-state index contributed by atoms with van der Waals surface area (Å²) in [5, 5.41) is 8.92. The number of halogens is 3. The predicted molar refractivity (Wildman–Crippen MR) is 83.4 cm³/mol. The number of hydrogen-bond donors (Lipinski definition) is 1. The van der Waals surface area contributed by atoms with Crippen LogP contribution in [0.15, 0.2) is 29.2 Å². The van der Waals surface area contributed by atoms with Crippen LogP contribution in [0, 0.1) is 0 Å². The highest BCUT2D eigenvalue weighted by Crippen LogP contribution is 2.43. The molecule has 7 heteroatoms. The van der Waals surface area contributed by atoms with Gasteiger partial charge in [0.15, 0.2) is 0 Å². The zero-order chi connectivity index (χ0) is 16.2. The Morgan fingerprint density at radius 1 is 1.18 bits per heavy atom. The van der Waals surface area contributed by atoms with Crippen LogP contribution >= 0.6 is 23.5 Å². The third kappa shape index (κ3) is 4.84. The summed E-state index contributed by atoms with van der Waals surface area (Å²) in [6.07, 6.45) is -0.675. The first-order chi connectivity index (χ1) is 10.4. The van der Waals surface area contributed by atoms with Crippen molar-refractivity contribution in [2.75, 3.05) is 5.75 Å². The zero-order valence-electron chi connectivity index (χ0n) is 11.8. The molecule has 1 aliphatic carbocycles. The fraction of sp³-hybridized carbons (Fsp3) is 0.533. The minimum atomic E-state index is -4.36. The molecular formula is C15H17F3O2S2. The Morgan fingerprint density at radius 3 is 2.45 bits per heavy atom. The summed E-state index contributed by atoms with van der Waals surface area (Å²) in [6, 6.07) is 5.61. The summed E-state index contributed by atoms with van der Waals surface area (Å²) >= 11 is 2.59. The average molecular weight is 350 g/mol. The van der Waals surface area contributed by atoms with E-state index in [1.165, 1.54) is 35.7 Å². The van der Waals surface area contributed by atoms with Crippen LogP contribution < -0.4 is 0 Å². The fourth-order valence-corrected chi connectivity index (χ4v) is 5.34. The smallest absolute Gasteiger partial charge is 0.417 e. The predicted octanol–water partition coefficient (Wildman–Crippen LogP) is 4.93. The van der Waals surface area contributed by atoms with Crippen LogP contribution in [0.4, 0.5) is 13.2 Å². The minimum Gasteiger partial charge on any atom is -0.481 e. The average Bonchev–Trinajstić information content (AvgIpc) is 2.46. The number of benzene rings is 1. The molecule has 2 atom stereocenters. The second-order valence-electron chi connectivity index (χ2n) is 5.18. The molecule has 1 aliphatic rings. The van der Waals surface area contributed by atoms with Gasteiger partial charge in [-0.15, -0.1) is 23.5 Å². The van der Waals surface area contributed by atoms with Crippen molar-refractivity contribution in [3.63, 3.8) is 0 Å². The Bertz CT molecular complexity index is 520. The maximum atomic E-state index is 13.1. The number of alkyl halides is 3.